The molecule has 0 aromatic heterocycles. The van der Waals surface area contributed by atoms with Gasteiger partial charge in [-0.3, -0.25) is 4.90 Å². The molecule has 0 amide bonds. The molecule has 106 valence electrons. The summed E-state index contributed by atoms with van der Waals surface area (Å²) >= 11 is 0. The van der Waals surface area contributed by atoms with Gasteiger partial charge < -0.3 is 5.32 Å². The summed E-state index contributed by atoms with van der Waals surface area (Å²) in [5.74, 6) is 0. The normalized spacial score (nSPS) is 25.2. The summed E-state index contributed by atoms with van der Waals surface area (Å²) in [7, 11) is 0. The Kier molecular flexibility index (Phi) is 5.41. The van der Waals surface area contributed by atoms with Gasteiger partial charge >= 0.3 is 0 Å². The highest BCUT2D eigenvalue weighted by Crippen LogP contribution is 2.16. The molecule has 2 heteroatoms. The zero-order valence-corrected chi connectivity index (χ0v) is 12.7. The van der Waals surface area contributed by atoms with E-state index in [2.05, 4.69) is 55.3 Å². The summed E-state index contributed by atoms with van der Waals surface area (Å²) in [5.41, 5.74) is 2.78. The molecule has 1 aliphatic heterocycles. The zero-order valence-electron chi connectivity index (χ0n) is 12.7. The Morgan fingerprint density at radius 3 is 2.68 bits per heavy atom. The molecule has 2 atom stereocenters. The van der Waals surface area contributed by atoms with Gasteiger partial charge in [0.25, 0.3) is 0 Å². The first-order valence-electron chi connectivity index (χ1n) is 7.72. The first-order valence-corrected chi connectivity index (χ1v) is 7.72. The largest absolute Gasteiger partial charge is 0.313 e. The lowest BCUT2D eigenvalue weighted by Crippen LogP contribution is -2.39. The van der Waals surface area contributed by atoms with Crippen LogP contribution >= 0.6 is 0 Å². The summed E-state index contributed by atoms with van der Waals surface area (Å²) < 4.78 is 0. The van der Waals surface area contributed by atoms with E-state index >= 15 is 0 Å². The molecule has 1 aromatic carbocycles. The van der Waals surface area contributed by atoms with Gasteiger partial charge in [0.05, 0.1) is 0 Å². The van der Waals surface area contributed by atoms with Crippen molar-refractivity contribution < 1.29 is 0 Å². The van der Waals surface area contributed by atoms with Crippen LogP contribution in [0, 0.1) is 6.92 Å². The van der Waals surface area contributed by atoms with E-state index in [1.807, 2.05) is 0 Å². The van der Waals surface area contributed by atoms with Gasteiger partial charge in [-0.05, 0) is 38.8 Å². The number of hydrogen-bond acceptors (Lipinski definition) is 2. The van der Waals surface area contributed by atoms with Crippen molar-refractivity contribution >= 4 is 0 Å². The number of rotatable bonds is 4. The molecule has 0 spiro atoms. The molecule has 1 N–H and O–H groups in total. The van der Waals surface area contributed by atoms with Gasteiger partial charge in [-0.1, -0.05) is 43.2 Å². The second kappa shape index (κ2) is 7.06. The van der Waals surface area contributed by atoms with Crippen molar-refractivity contribution in [2.45, 2.75) is 58.7 Å². The summed E-state index contributed by atoms with van der Waals surface area (Å²) in [6.45, 7) is 10.2. The van der Waals surface area contributed by atoms with E-state index in [9.17, 15) is 0 Å². The lowest BCUT2D eigenvalue weighted by atomic mass is 10.1. The molecule has 1 aliphatic rings. The summed E-state index contributed by atoms with van der Waals surface area (Å²) in [6, 6.07) is 10.3. The van der Waals surface area contributed by atoms with Gasteiger partial charge in [0.2, 0.25) is 0 Å². The molecule has 0 radical (unpaired) electrons. The van der Waals surface area contributed by atoms with Crippen LogP contribution in [0.4, 0.5) is 0 Å². The first-order chi connectivity index (χ1) is 9.19. The molecule has 2 rings (SSSR count). The Bertz CT molecular complexity index is 371. The van der Waals surface area contributed by atoms with E-state index in [1.165, 1.54) is 36.9 Å². The van der Waals surface area contributed by atoms with Crippen LogP contribution in [0.15, 0.2) is 24.3 Å². The maximum absolute atomic E-state index is 3.70. The van der Waals surface area contributed by atoms with E-state index < -0.39 is 0 Å². The molecule has 1 saturated heterocycles. The molecular weight excluding hydrogens is 232 g/mol. The van der Waals surface area contributed by atoms with Crippen LogP contribution in [0.25, 0.3) is 0 Å². The van der Waals surface area contributed by atoms with Crippen LogP contribution in [0.5, 0.6) is 0 Å². The van der Waals surface area contributed by atoms with Crippen LogP contribution in [0.3, 0.4) is 0 Å². The Morgan fingerprint density at radius 1 is 1.26 bits per heavy atom. The van der Waals surface area contributed by atoms with Crippen LogP contribution in [-0.4, -0.2) is 30.1 Å². The Balaban J connectivity index is 2.00. The fraction of sp³-hybridized carbons (Fsp3) is 0.647. The quantitative estimate of drug-likeness (QED) is 0.893. The van der Waals surface area contributed by atoms with E-state index in [0.717, 1.165) is 13.1 Å². The SMILES string of the molecule is CCCC1CN(Cc2ccc(C)cc2)C(C)CCN1. The van der Waals surface area contributed by atoms with Crippen molar-refractivity contribution in [2.75, 3.05) is 13.1 Å². The predicted octanol–water partition coefficient (Wildman–Crippen LogP) is 3.35. The molecule has 2 nitrogen and oxygen atoms in total. The fourth-order valence-electron chi connectivity index (χ4n) is 2.90. The lowest BCUT2D eigenvalue weighted by molar-refractivity contribution is 0.193. The molecule has 1 heterocycles. The average Bonchev–Trinajstić information content (AvgIpc) is 2.56. The highest BCUT2D eigenvalue weighted by atomic mass is 15.2. The third-order valence-electron chi connectivity index (χ3n) is 4.22. The molecule has 0 bridgehead atoms. The monoisotopic (exact) mass is 260 g/mol. The second-order valence-electron chi connectivity index (χ2n) is 5.99. The fourth-order valence-corrected chi connectivity index (χ4v) is 2.90. The standard InChI is InChI=1S/C17H28N2/c1-4-5-17-13-19(15(3)10-11-18-17)12-16-8-6-14(2)7-9-16/h6-9,15,17-18H,4-5,10-13H2,1-3H3. The molecular formula is C17H28N2. The van der Waals surface area contributed by atoms with Gasteiger partial charge in [-0.15, -0.1) is 0 Å². The maximum Gasteiger partial charge on any atom is 0.0237 e. The molecule has 1 fully saturated rings. The summed E-state index contributed by atoms with van der Waals surface area (Å²) in [4.78, 5) is 2.64. The van der Waals surface area contributed by atoms with Crippen molar-refractivity contribution in [3.63, 3.8) is 0 Å². The van der Waals surface area contributed by atoms with Crippen molar-refractivity contribution in [3.05, 3.63) is 35.4 Å². The van der Waals surface area contributed by atoms with E-state index in [-0.39, 0.29) is 0 Å². The minimum Gasteiger partial charge on any atom is -0.313 e. The third kappa shape index (κ3) is 4.32. The smallest absolute Gasteiger partial charge is 0.0237 e. The van der Waals surface area contributed by atoms with E-state index in [0.29, 0.717) is 12.1 Å². The number of nitrogens with one attached hydrogen (secondary N) is 1. The topological polar surface area (TPSA) is 15.3 Å². The average molecular weight is 260 g/mol. The van der Waals surface area contributed by atoms with Gasteiger partial charge in [0, 0.05) is 25.2 Å². The molecule has 2 unspecified atom stereocenters. The molecule has 1 aromatic rings. The van der Waals surface area contributed by atoms with Gasteiger partial charge in [-0.2, -0.15) is 0 Å². The van der Waals surface area contributed by atoms with Crippen molar-refractivity contribution in [2.24, 2.45) is 0 Å². The predicted molar refractivity (Wildman–Crippen MR) is 82.4 cm³/mol. The molecule has 0 aliphatic carbocycles. The second-order valence-corrected chi connectivity index (χ2v) is 5.99. The highest BCUT2D eigenvalue weighted by Gasteiger charge is 2.22. The Hall–Kier alpha value is -0.860. The Labute approximate surface area is 118 Å². The van der Waals surface area contributed by atoms with Crippen LogP contribution in [0.1, 0.15) is 44.2 Å². The van der Waals surface area contributed by atoms with Gasteiger partial charge in [-0.25, -0.2) is 0 Å². The first kappa shape index (κ1) is 14.5. The zero-order chi connectivity index (χ0) is 13.7. The van der Waals surface area contributed by atoms with Crippen molar-refractivity contribution in [1.82, 2.24) is 10.2 Å². The van der Waals surface area contributed by atoms with Crippen LogP contribution in [-0.2, 0) is 6.54 Å². The highest BCUT2D eigenvalue weighted by molar-refractivity contribution is 5.21. The third-order valence-corrected chi connectivity index (χ3v) is 4.22. The summed E-state index contributed by atoms with van der Waals surface area (Å²) in [6.07, 6.45) is 3.81. The molecule has 19 heavy (non-hydrogen) atoms. The van der Waals surface area contributed by atoms with Crippen molar-refractivity contribution in [3.8, 4) is 0 Å². The van der Waals surface area contributed by atoms with E-state index in [1.54, 1.807) is 0 Å². The minimum absolute atomic E-state index is 0.667. The number of nitrogens with zero attached hydrogens (tertiary/aromatic N) is 1. The van der Waals surface area contributed by atoms with Crippen LogP contribution in [0.2, 0.25) is 0 Å². The number of benzene rings is 1. The number of hydrogen-bond donors (Lipinski definition) is 1. The van der Waals surface area contributed by atoms with E-state index in [4.69, 9.17) is 0 Å². The molecule has 0 saturated carbocycles. The minimum atomic E-state index is 0.667. The lowest BCUT2D eigenvalue weighted by Gasteiger charge is -2.29. The summed E-state index contributed by atoms with van der Waals surface area (Å²) in [5, 5.41) is 3.70. The van der Waals surface area contributed by atoms with Crippen molar-refractivity contribution in [1.29, 1.82) is 0 Å². The Morgan fingerprint density at radius 2 is 2.00 bits per heavy atom. The maximum atomic E-state index is 3.70. The van der Waals surface area contributed by atoms with Crippen LogP contribution < -0.4 is 5.32 Å². The van der Waals surface area contributed by atoms with Gasteiger partial charge in [0.1, 0.15) is 0 Å². The van der Waals surface area contributed by atoms with Gasteiger partial charge in [0.15, 0.2) is 0 Å². The number of aryl methyl sites for hydroxylation is 1.